The number of aryl methyl sites for hydroxylation is 2. The fourth-order valence-electron chi connectivity index (χ4n) is 3.66. The van der Waals surface area contributed by atoms with E-state index in [4.69, 9.17) is 16.6 Å². The molecule has 0 saturated carbocycles. The molecule has 1 amide bonds. The predicted octanol–water partition coefficient (Wildman–Crippen LogP) is 5.25. The van der Waals surface area contributed by atoms with E-state index < -0.39 is 0 Å². The largest absolute Gasteiger partial charge is 0.346 e. The quantitative estimate of drug-likeness (QED) is 0.588. The Bertz CT molecular complexity index is 1030. The fourth-order valence-corrected chi connectivity index (χ4v) is 4.50. The number of amides is 1. The molecule has 30 heavy (non-hydrogen) atoms. The van der Waals surface area contributed by atoms with Crippen molar-refractivity contribution < 1.29 is 4.79 Å². The summed E-state index contributed by atoms with van der Waals surface area (Å²) in [6, 6.07) is 13.8. The normalized spacial score (nSPS) is 16.5. The average molecular weight is 441 g/mol. The van der Waals surface area contributed by atoms with Gasteiger partial charge in [0.15, 0.2) is 0 Å². The van der Waals surface area contributed by atoms with Crippen molar-refractivity contribution in [1.29, 1.82) is 0 Å². The van der Waals surface area contributed by atoms with E-state index in [1.165, 1.54) is 22.7 Å². The molecule has 2 aromatic carbocycles. The Morgan fingerprint density at radius 2 is 2.00 bits per heavy atom. The maximum Gasteiger partial charge on any atom is 0.229 e. The molecule has 1 aromatic heterocycles. The van der Waals surface area contributed by atoms with Crippen LogP contribution in [0.1, 0.15) is 35.4 Å². The molecule has 1 aliphatic rings. The monoisotopic (exact) mass is 440 g/mol. The smallest absolute Gasteiger partial charge is 0.229 e. The Hall–Kier alpha value is -2.44. The van der Waals surface area contributed by atoms with Gasteiger partial charge in [-0.15, -0.1) is 0 Å². The number of anilines is 2. The molecule has 1 aliphatic heterocycles. The number of halogens is 1. The van der Waals surface area contributed by atoms with Crippen molar-refractivity contribution in [2.24, 2.45) is 5.92 Å². The molecule has 0 radical (unpaired) electrons. The zero-order valence-corrected chi connectivity index (χ0v) is 18.8. The molecule has 0 spiro atoms. The number of carbonyl (C=O) groups is 1. The van der Waals surface area contributed by atoms with Gasteiger partial charge in [-0.3, -0.25) is 4.79 Å². The average Bonchev–Trinajstić information content (AvgIpc) is 3.21. The summed E-state index contributed by atoms with van der Waals surface area (Å²) in [6.45, 7) is 5.71. The summed E-state index contributed by atoms with van der Waals surface area (Å²) in [6.07, 6.45) is 2.54. The molecule has 4 rings (SSSR count). The zero-order valence-electron chi connectivity index (χ0n) is 17.2. The van der Waals surface area contributed by atoms with Crippen LogP contribution in [0.25, 0.3) is 0 Å². The molecule has 0 bridgehead atoms. The third-order valence-electron chi connectivity index (χ3n) is 5.57. The van der Waals surface area contributed by atoms with Crippen molar-refractivity contribution in [3.8, 4) is 0 Å². The Kier molecular flexibility index (Phi) is 6.35. The first kappa shape index (κ1) is 20.8. The molecule has 3 aromatic rings. The van der Waals surface area contributed by atoms with E-state index in [-0.39, 0.29) is 11.8 Å². The highest BCUT2D eigenvalue weighted by Gasteiger charge is 2.27. The van der Waals surface area contributed by atoms with Gasteiger partial charge < -0.3 is 10.2 Å². The lowest BCUT2D eigenvalue weighted by molar-refractivity contribution is -0.120. The van der Waals surface area contributed by atoms with Crippen LogP contribution in [0.4, 0.5) is 10.8 Å². The first-order valence-corrected chi connectivity index (χ1v) is 11.3. The highest BCUT2D eigenvalue weighted by atomic mass is 35.5. The van der Waals surface area contributed by atoms with Gasteiger partial charge in [-0.05, 0) is 67.6 Å². The van der Waals surface area contributed by atoms with Crippen LogP contribution in [-0.2, 0) is 11.2 Å². The zero-order chi connectivity index (χ0) is 21.1. The molecule has 1 N–H and O–H groups in total. The molecular formula is C23H25ClN4OS. The third-order valence-corrected chi connectivity index (χ3v) is 6.64. The van der Waals surface area contributed by atoms with E-state index in [9.17, 15) is 4.79 Å². The lowest BCUT2D eigenvalue weighted by atomic mass is 9.97. The van der Waals surface area contributed by atoms with Gasteiger partial charge in [0.1, 0.15) is 5.82 Å². The second-order valence-corrected chi connectivity index (χ2v) is 9.04. The van der Waals surface area contributed by atoms with Crippen LogP contribution >= 0.6 is 23.1 Å². The number of rotatable bonds is 5. The summed E-state index contributed by atoms with van der Waals surface area (Å²) in [5.74, 6) is 0.830. The first-order valence-electron chi connectivity index (χ1n) is 10.2. The summed E-state index contributed by atoms with van der Waals surface area (Å²) < 4.78 is 4.52. The maximum atomic E-state index is 12.8. The van der Waals surface area contributed by atoms with Gasteiger partial charge in [-0.25, -0.2) is 4.98 Å². The molecule has 0 aliphatic carbocycles. The fraction of sp³-hybridized carbons (Fsp3) is 0.348. The van der Waals surface area contributed by atoms with E-state index in [1.807, 2.05) is 42.5 Å². The molecule has 156 valence electrons. The number of carbonyl (C=O) groups excluding carboxylic acids is 1. The number of hydrogen-bond acceptors (Lipinski definition) is 5. The second kappa shape index (κ2) is 9.14. The Morgan fingerprint density at radius 1 is 1.20 bits per heavy atom. The van der Waals surface area contributed by atoms with Gasteiger partial charge >= 0.3 is 0 Å². The molecule has 1 fully saturated rings. The number of benzene rings is 2. The molecule has 1 saturated heterocycles. The van der Waals surface area contributed by atoms with Gasteiger partial charge in [0.05, 0.1) is 5.92 Å². The Balaban J connectivity index is 1.38. The summed E-state index contributed by atoms with van der Waals surface area (Å²) in [5, 5.41) is 4.70. The first-order chi connectivity index (χ1) is 14.5. The van der Waals surface area contributed by atoms with E-state index in [2.05, 4.69) is 28.4 Å². The van der Waals surface area contributed by atoms with Crippen LogP contribution in [0.3, 0.4) is 0 Å². The number of nitrogens with zero attached hydrogens (tertiary/aromatic N) is 3. The van der Waals surface area contributed by atoms with Gasteiger partial charge in [-0.1, -0.05) is 29.8 Å². The van der Waals surface area contributed by atoms with Crippen LogP contribution in [0.5, 0.6) is 0 Å². The maximum absolute atomic E-state index is 12.8. The van der Waals surface area contributed by atoms with E-state index in [0.717, 1.165) is 46.6 Å². The third kappa shape index (κ3) is 4.99. The van der Waals surface area contributed by atoms with Crippen molar-refractivity contribution in [1.82, 2.24) is 9.36 Å². The van der Waals surface area contributed by atoms with Gasteiger partial charge in [-0.2, -0.15) is 4.37 Å². The minimum atomic E-state index is -0.0519. The number of piperidine rings is 1. The van der Waals surface area contributed by atoms with Crippen LogP contribution in [-0.4, -0.2) is 28.4 Å². The Morgan fingerprint density at radius 3 is 2.77 bits per heavy atom. The van der Waals surface area contributed by atoms with Crippen molar-refractivity contribution in [3.63, 3.8) is 0 Å². The van der Waals surface area contributed by atoms with Crippen molar-refractivity contribution in [2.75, 3.05) is 23.3 Å². The molecule has 1 atom stereocenters. The highest BCUT2D eigenvalue weighted by Crippen LogP contribution is 2.26. The topological polar surface area (TPSA) is 58.1 Å². The van der Waals surface area contributed by atoms with Gasteiger partial charge in [0.25, 0.3) is 0 Å². The van der Waals surface area contributed by atoms with Gasteiger partial charge in [0, 0.05) is 41.8 Å². The minimum absolute atomic E-state index is 0.0519. The van der Waals surface area contributed by atoms with E-state index in [0.29, 0.717) is 13.0 Å². The lowest BCUT2D eigenvalue weighted by Crippen LogP contribution is -2.40. The SMILES string of the molecule is Cc1ccc(NC(=O)C2CCCN(c3nc(Cc4ccc(Cl)cc4)ns3)C2)cc1C. The number of nitrogens with one attached hydrogen (secondary N) is 1. The Labute approximate surface area is 186 Å². The highest BCUT2D eigenvalue weighted by molar-refractivity contribution is 7.09. The molecule has 7 heteroatoms. The summed E-state index contributed by atoms with van der Waals surface area (Å²) >= 11 is 7.36. The lowest BCUT2D eigenvalue weighted by Gasteiger charge is -2.31. The van der Waals surface area contributed by atoms with Crippen molar-refractivity contribution in [2.45, 2.75) is 33.1 Å². The molecule has 5 nitrogen and oxygen atoms in total. The second-order valence-electron chi connectivity index (χ2n) is 7.87. The van der Waals surface area contributed by atoms with Crippen molar-refractivity contribution >= 4 is 39.9 Å². The number of aromatic nitrogens is 2. The van der Waals surface area contributed by atoms with Crippen LogP contribution in [0.2, 0.25) is 5.02 Å². The summed E-state index contributed by atoms with van der Waals surface area (Å²) in [5.41, 5.74) is 4.40. The predicted molar refractivity (Wildman–Crippen MR) is 124 cm³/mol. The van der Waals surface area contributed by atoms with E-state index in [1.54, 1.807) is 0 Å². The molecule has 2 heterocycles. The van der Waals surface area contributed by atoms with Gasteiger partial charge in [0.2, 0.25) is 11.0 Å². The minimum Gasteiger partial charge on any atom is -0.346 e. The molecule has 1 unspecified atom stereocenters. The number of hydrogen-bond donors (Lipinski definition) is 1. The summed E-state index contributed by atoms with van der Waals surface area (Å²) in [7, 11) is 0. The van der Waals surface area contributed by atoms with Crippen LogP contribution < -0.4 is 10.2 Å². The standard InChI is InChI=1S/C23H25ClN4OS/c1-15-5-10-20(12-16(15)2)25-22(29)18-4-3-11-28(14-18)23-26-21(27-30-23)13-17-6-8-19(24)9-7-17/h5-10,12,18H,3-4,11,13-14H2,1-2H3,(H,25,29). The van der Waals surface area contributed by atoms with E-state index >= 15 is 0 Å². The van der Waals surface area contributed by atoms with Crippen molar-refractivity contribution in [3.05, 3.63) is 70.0 Å². The summed E-state index contributed by atoms with van der Waals surface area (Å²) in [4.78, 5) is 19.7. The molecular weight excluding hydrogens is 416 g/mol. The van der Waals surface area contributed by atoms with Crippen LogP contribution in [0.15, 0.2) is 42.5 Å². The van der Waals surface area contributed by atoms with Crippen LogP contribution in [0, 0.1) is 19.8 Å².